The summed E-state index contributed by atoms with van der Waals surface area (Å²) in [6.07, 6.45) is 0.255. The standard InChI is InChI=1S/C12H21F3N2O/c13-12(14,15)18-8-7-17-5-3-10(4-6-17)9-16-11-1-2-11/h10-11,16H,1-9H2. The molecule has 18 heavy (non-hydrogen) atoms. The molecule has 0 spiro atoms. The molecule has 6 heteroatoms. The molecule has 1 saturated carbocycles. The van der Waals surface area contributed by atoms with Gasteiger partial charge in [0.25, 0.3) is 0 Å². The van der Waals surface area contributed by atoms with Crippen molar-refractivity contribution in [1.82, 2.24) is 10.2 Å². The fourth-order valence-electron chi connectivity index (χ4n) is 2.33. The van der Waals surface area contributed by atoms with Crippen LogP contribution in [-0.4, -0.2) is 50.1 Å². The van der Waals surface area contributed by atoms with Crippen molar-refractivity contribution in [1.29, 1.82) is 0 Å². The number of nitrogens with one attached hydrogen (secondary N) is 1. The molecule has 1 saturated heterocycles. The third kappa shape index (κ3) is 5.54. The molecule has 0 atom stereocenters. The molecule has 0 aromatic rings. The highest BCUT2D eigenvalue weighted by atomic mass is 19.4. The van der Waals surface area contributed by atoms with Crippen molar-refractivity contribution in [3.05, 3.63) is 0 Å². The van der Waals surface area contributed by atoms with Gasteiger partial charge in [-0.15, -0.1) is 13.2 Å². The van der Waals surface area contributed by atoms with Gasteiger partial charge >= 0.3 is 6.36 Å². The topological polar surface area (TPSA) is 24.5 Å². The second kappa shape index (κ2) is 6.21. The molecule has 1 heterocycles. The molecule has 1 N–H and O–H groups in total. The maximum atomic E-state index is 11.8. The normalized spacial score (nSPS) is 23.5. The van der Waals surface area contributed by atoms with Crippen LogP contribution in [-0.2, 0) is 4.74 Å². The van der Waals surface area contributed by atoms with Crippen molar-refractivity contribution in [2.75, 3.05) is 32.8 Å². The summed E-state index contributed by atoms with van der Waals surface area (Å²) >= 11 is 0. The Balaban J connectivity index is 1.52. The van der Waals surface area contributed by atoms with E-state index < -0.39 is 6.36 Å². The number of hydrogen-bond acceptors (Lipinski definition) is 3. The Morgan fingerprint density at radius 2 is 1.78 bits per heavy atom. The minimum absolute atomic E-state index is 0.255. The van der Waals surface area contributed by atoms with E-state index in [1.54, 1.807) is 0 Å². The van der Waals surface area contributed by atoms with Gasteiger partial charge < -0.3 is 10.2 Å². The van der Waals surface area contributed by atoms with Crippen molar-refractivity contribution >= 4 is 0 Å². The first kappa shape index (κ1) is 14.1. The highest BCUT2D eigenvalue weighted by Crippen LogP contribution is 2.22. The quantitative estimate of drug-likeness (QED) is 0.795. The molecule has 1 aliphatic heterocycles. The second-order valence-electron chi connectivity index (χ2n) is 5.26. The maximum Gasteiger partial charge on any atom is 0.522 e. The van der Waals surface area contributed by atoms with E-state index >= 15 is 0 Å². The molecule has 106 valence electrons. The van der Waals surface area contributed by atoms with E-state index in [0.717, 1.165) is 38.5 Å². The smallest absolute Gasteiger partial charge is 0.314 e. The molecule has 1 aliphatic carbocycles. The van der Waals surface area contributed by atoms with Crippen LogP contribution in [0.3, 0.4) is 0 Å². The van der Waals surface area contributed by atoms with E-state index in [-0.39, 0.29) is 6.61 Å². The Morgan fingerprint density at radius 3 is 2.33 bits per heavy atom. The van der Waals surface area contributed by atoms with E-state index in [2.05, 4.69) is 15.0 Å². The van der Waals surface area contributed by atoms with Gasteiger partial charge in [0.05, 0.1) is 6.61 Å². The number of ether oxygens (including phenoxy) is 1. The van der Waals surface area contributed by atoms with Gasteiger partial charge in [-0.1, -0.05) is 0 Å². The first-order valence-corrected chi connectivity index (χ1v) is 6.69. The highest BCUT2D eigenvalue weighted by Gasteiger charge is 2.29. The number of rotatable bonds is 6. The number of piperidine rings is 1. The van der Waals surface area contributed by atoms with Crippen LogP contribution in [0.5, 0.6) is 0 Å². The summed E-state index contributed by atoms with van der Waals surface area (Å²) in [7, 11) is 0. The molecule has 2 aliphatic rings. The largest absolute Gasteiger partial charge is 0.522 e. The summed E-state index contributed by atoms with van der Waals surface area (Å²) in [4.78, 5) is 2.05. The molecule has 2 fully saturated rings. The van der Waals surface area contributed by atoms with Crippen molar-refractivity contribution < 1.29 is 17.9 Å². The summed E-state index contributed by atoms with van der Waals surface area (Å²) in [5.41, 5.74) is 0. The molecule has 0 aromatic carbocycles. The second-order valence-corrected chi connectivity index (χ2v) is 5.26. The summed E-state index contributed by atoms with van der Waals surface area (Å²) in [6.45, 7) is 2.96. The van der Waals surface area contributed by atoms with Crippen molar-refractivity contribution in [2.24, 2.45) is 5.92 Å². The van der Waals surface area contributed by atoms with Crippen molar-refractivity contribution in [3.8, 4) is 0 Å². The van der Waals surface area contributed by atoms with Crippen LogP contribution >= 0.6 is 0 Å². The average molecular weight is 266 g/mol. The van der Waals surface area contributed by atoms with Gasteiger partial charge in [0, 0.05) is 12.6 Å². The third-order valence-corrected chi connectivity index (χ3v) is 3.65. The molecular weight excluding hydrogens is 245 g/mol. The van der Waals surface area contributed by atoms with Gasteiger partial charge in [-0.05, 0) is 51.2 Å². The number of likely N-dealkylation sites (tertiary alicyclic amines) is 1. The first-order chi connectivity index (χ1) is 8.53. The minimum atomic E-state index is -4.49. The summed E-state index contributed by atoms with van der Waals surface area (Å²) in [5, 5.41) is 3.51. The number of nitrogens with zero attached hydrogens (tertiary/aromatic N) is 1. The molecule has 0 unspecified atom stereocenters. The molecular formula is C12H21F3N2O. The summed E-state index contributed by atoms with van der Waals surface area (Å²) in [5.74, 6) is 0.686. The predicted octanol–water partition coefficient (Wildman–Crippen LogP) is 1.99. The van der Waals surface area contributed by atoms with Crippen LogP contribution in [0.4, 0.5) is 13.2 Å². The van der Waals surface area contributed by atoms with E-state index in [1.807, 2.05) is 0 Å². The lowest BCUT2D eigenvalue weighted by Crippen LogP contribution is -2.39. The average Bonchev–Trinajstić information content (AvgIpc) is 3.10. The van der Waals surface area contributed by atoms with Crippen LogP contribution in [0.25, 0.3) is 0 Å². The third-order valence-electron chi connectivity index (χ3n) is 3.65. The first-order valence-electron chi connectivity index (χ1n) is 6.69. The van der Waals surface area contributed by atoms with E-state index in [9.17, 15) is 13.2 Å². The van der Waals surface area contributed by atoms with Crippen LogP contribution in [0.1, 0.15) is 25.7 Å². The maximum absolute atomic E-state index is 11.8. The van der Waals surface area contributed by atoms with Gasteiger partial charge in [-0.2, -0.15) is 0 Å². The Labute approximate surface area is 106 Å². The molecule has 0 aromatic heterocycles. The molecule has 2 rings (SSSR count). The molecule has 3 nitrogen and oxygen atoms in total. The zero-order valence-corrected chi connectivity index (χ0v) is 10.5. The fourth-order valence-corrected chi connectivity index (χ4v) is 2.33. The zero-order chi connectivity index (χ0) is 13.0. The zero-order valence-electron chi connectivity index (χ0n) is 10.5. The van der Waals surface area contributed by atoms with Gasteiger partial charge in [0.2, 0.25) is 0 Å². The molecule has 0 amide bonds. The van der Waals surface area contributed by atoms with Crippen LogP contribution in [0.2, 0.25) is 0 Å². The lowest BCUT2D eigenvalue weighted by Gasteiger charge is -2.32. The SMILES string of the molecule is FC(F)(F)OCCN1CCC(CNC2CC2)CC1. The van der Waals surface area contributed by atoms with Crippen LogP contribution in [0.15, 0.2) is 0 Å². The van der Waals surface area contributed by atoms with Gasteiger partial charge in [-0.25, -0.2) is 0 Å². The number of alkyl halides is 3. The fraction of sp³-hybridized carbons (Fsp3) is 1.00. The molecule has 0 bridgehead atoms. The summed E-state index contributed by atoms with van der Waals surface area (Å²) < 4.78 is 39.2. The van der Waals surface area contributed by atoms with Crippen LogP contribution in [0, 0.1) is 5.92 Å². The van der Waals surface area contributed by atoms with Gasteiger partial charge in [-0.3, -0.25) is 4.74 Å². The Kier molecular flexibility index (Phi) is 4.86. The Morgan fingerprint density at radius 1 is 1.11 bits per heavy atom. The van der Waals surface area contributed by atoms with Crippen LogP contribution < -0.4 is 5.32 Å². The van der Waals surface area contributed by atoms with E-state index in [1.165, 1.54) is 12.8 Å². The highest BCUT2D eigenvalue weighted by molar-refractivity contribution is 4.83. The minimum Gasteiger partial charge on any atom is -0.314 e. The Hall–Kier alpha value is -0.330. The number of halogens is 3. The lowest BCUT2D eigenvalue weighted by molar-refractivity contribution is -0.325. The number of hydrogen-bond donors (Lipinski definition) is 1. The lowest BCUT2D eigenvalue weighted by atomic mass is 9.97. The molecule has 0 radical (unpaired) electrons. The summed E-state index contributed by atoms with van der Waals surface area (Å²) in [6, 6.07) is 0.739. The van der Waals surface area contributed by atoms with Crippen molar-refractivity contribution in [2.45, 2.75) is 38.1 Å². The Bertz CT molecular complexity index is 248. The van der Waals surface area contributed by atoms with Gasteiger partial charge in [0.1, 0.15) is 0 Å². The van der Waals surface area contributed by atoms with E-state index in [0.29, 0.717) is 12.5 Å². The monoisotopic (exact) mass is 266 g/mol. The van der Waals surface area contributed by atoms with E-state index in [4.69, 9.17) is 0 Å². The van der Waals surface area contributed by atoms with Crippen molar-refractivity contribution in [3.63, 3.8) is 0 Å². The van der Waals surface area contributed by atoms with Gasteiger partial charge in [0.15, 0.2) is 0 Å². The predicted molar refractivity (Wildman–Crippen MR) is 62.2 cm³/mol.